The summed E-state index contributed by atoms with van der Waals surface area (Å²) in [5.74, 6) is 0.918. The lowest BCUT2D eigenvalue weighted by atomic mass is 9.76. The molecule has 0 radical (unpaired) electrons. The lowest BCUT2D eigenvalue weighted by molar-refractivity contribution is -0.899. The first-order valence-corrected chi connectivity index (χ1v) is 10.4. The van der Waals surface area contributed by atoms with E-state index in [4.69, 9.17) is 4.74 Å². The molecule has 2 N–H and O–H groups in total. The summed E-state index contributed by atoms with van der Waals surface area (Å²) in [6, 6.07) is 6.62. The van der Waals surface area contributed by atoms with Crippen LogP contribution in [0.1, 0.15) is 79.4 Å². The Kier molecular flexibility index (Phi) is 8.62. The van der Waals surface area contributed by atoms with E-state index in [1.54, 1.807) is 0 Å². The number of aliphatic hydroxyl groups excluding tert-OH is 1. The summed E-state index contributed by atoms with van der Waals surface area (Å²) >= 11 is 0. The Morgan fingerprint density at radius 3 is 2.04 bits per heavy atom. The Balaban J connectivity index is 3.03. The minimum absolute atomic E-state index is 0.0459. The highest BCUT2D eigenvalue weighted by atomic mass is 16.5. The summed E-state index contributed by atoms with van der Waals surface area (Å²) in [4.78, 5) is 1.40. The predicted octanol–water partition coefficient (Wildman–Crippen LogP) is 3.73. The number of nitrogens with one attached hydrogen (secondary N) is 1. The highest BCUT2D eigenvalue weighted by Gasteiger charge is 2.27. The molecule has 0 saturated carbocycles. The number of hydrogen-bond acceptors (Lipinski definition) is 2. The van der Waals surface area contributed by atoms with Crippen molar-refractivity contribution in [2.45, 2.75) is 85.2 Å². The Morgan fingerprint density at radius 2 is 1.54 bits per heavy atom. The van der Waals surface area contributed by atoms with Crippen molar-refractivity contribution in [2.75, 3.05) is 26.2 Å². The van der Waals surface area contributed by atoms with E-state index in [1.807, 2.05) is 0 Å². The fourth-order valence-corrected chi connectivity index (χ4v) is 3.12. The average molecular weight is 365 g/mol. The number of likely N-dealkylation sites (N-methyl/N-ethyl adjacent to an activating group) is 1. The summed E-state index contributed by atoms with van der Waals surface area (Å²) in [5, 5.41) is 10.4. The second kappa shape index (κ2) is 9.75. The van der Waals surface area contributed by atoms with Gasteiger partial charge >= 0.3 is 0 Å². The third-order valence-electron chi connectivity index (χ3n) is 6.21. The van der Waals surface area contributed by atoms with Crippen molar-refractivity contribution < 1.29 is 14.7 Å². The molecule has 0 heterocycles. The van der Waals surface area contributed by atoms with Gasteiger partial charge in [-0.25, -0.2) is 0 Å². The SMILES string of the molecule is CC[NH+](CC)CC(O)COc1ccc(C(C)(C)CC)cc1C(C)(C)CC. The van der Waals surface area contributed by atoms with Gasteiger partial charge in [0.15, 0.2) is 0 Å². The monoisotopic (exact) mass is 364 g/mol. The maximum atomic E-state index is 10.4. The summed E-state index contributed by atoms with van der Waals surface area (Å²) in [7, 11) is 0. The van der Waals surface area contributed by atoms with Crippen molar-refractivity contribution >= 4 is 0 Å². The van der Waals surface area contributed by atoms with Crippen molar-refractivity contribution in [1.82, 2.24) is 0 Å². The molecule has 0 fully saturated rings. The lowest BCUT2D eigenvalue weighted by Crippen LogP contribution is -3.12. The molecule has 0 aliphatic rings. The third-order valence-corrected chi connectivity index (χ3v) is 6.21. The molecule has 1 aromatic rings. The molecule has 150 valence electrons. The van der Waals surface area contributed by atoms with E-state index in [9.17, 15) is 5.11 Å². The van der Waals surface area contributed by atoms with Gasteiger partial charge in [-0.05, 0) is 49.1 Å². The van der Waals surface area contributed by atoms with Gasteiger partial charge in [0.05, 0.1) is 13.1 Å². The molecule has 1 aromatic carbocycles. The van der Waals surface area contributed by atoms with Gasteiger partial charge in [-0.2, -0.15) is 0 Å². The second-order valence-electron chi connectivity index (χ2n) is 8.81. The molecule has 3 heteroatoms. The van der Waals surface area contributed by atoms with Crippen LogP contribution in [0.5, 0.6) is 5.75 Å². The molecule has 0 aliphatic heterocycles. The van der Waals surface area contributed by atoms with Gasteiger partial charge in [-0.1, -0.05) is 53.7 Å². The predicted molar refractivity (Wildman–Crippen MR) is 111 cm³/mol. The van der Waals surface area contributed by atoms with Gasteiger partial charge in [0.25, 0.3) is 0 Å². The zero-order chi connectivity index (χ0) is 20.0. The Hall–Kier alpha value is -1.06. The number of benzene rings is 1. The lowest BCUT2D eigenvalue weighted by Gasteiger charge is -2.30. The van der Waals surface area contributed by atoms with Gasteiger partial charge < -0.3 is 14.7 Å². The fourth-order valence-electron chi connectivity index (χ4n) is 3.12. The van der Waals surface area contributed by atoms with Gasteiger partial charge in [0, 0.05) is 5.56 Å². The van der Waals surface area contributed by atoms with Gasteiger partial charge in [0.1, 0.15) is 25.0 Å². The van der Waals surface area contributed by atoms with Crippen LogP contribution in [0.15, 0.2) is 18.2 Å². The summed E-state index contributed by atoms with van der Waals surface area (Å²) in [6.07, 6.45) is 1.71. The van der Waals surface area contributed by atoms with E-state index in [0.29, 0.717) is 6.61 Å². The van der Waals surface area contributed by atoms with Crippen LogP contribution in [-0.2, 0) is 10.8 Å². The minimum atomic E-state index is -0.436. The normalized spacial score (nSPS) is 13.9. The zero-order valence-corrected chi connectivity index (χ0v) is 18.4. The Morgan fingerprint density at radius 1 is 0.962 bits per heavy atom. The van der Waals surface area contributed by atoms with E-state index in [0.717, 1.165) is 38.2 Å². The van der Waals surface area contributed by atoms with Gasteiger partial charge in [0.2, 0.25) is 0 Å². The Bertz CT molecular complexity index is 547. The smallest absolute Gasteiger partial charge is 0.137 e. The second-order valence-corrected chi connectivity index (χ2v) is 8.81. The average Bonchev–Trinajstić information content (AvgIpc) is 2.64. The van der Waals surface area contributed by atoms with Gasteiger partial charge in [-0.3, -0.25) is 0 Å². The van der Waals surface area contributed by atoms with E-state index in [2.05, 4.69) is 73.6 Å². The quantitative estimate of drug-likeness (QED) is 0.627. The van der Waals surface area contributed by atoms with Crippen molar-refractivity contribution in [1.29, 1.82) is 0 Å². The van der Waals surface area contributed by atoms with E-state index < -0.39 is 6.10 Å². The largest absolute Gasteiger partial charge is 0.490 e. The molecule has 0 amide bonds. The topological polar surface area (TPSA) is 33.9 Å². The molecule has 0 saturated heterocycles. The molecule has 1 atom stereocenters. The number of ether oxygens (including phenoxy) is 1. The molecule has 1 rings (SSSR count). The molecule has 0 spiro atoms. The number of aliphatic hydroxyl groups is 1. The maximum absolute atomic E-state index is 10.4. The third kappa shape index (κ3) is 5.99. The fraction of sp³-hybridized carbons (Fsp3) is 0.739. The first-order chi connectivity index (χ1) is 12.1. The van der Waals surface area contributed by atoms with Crippen molar-refractivity contribution in [3.63, 3.8) is 0 Å². The maximum Gasteiger partial charge on any atom is 0.137 e. The standard InChI is InChI=1S/C23H41NO2/c1-9-22(5,6)18-13-14-21(20(15-18)23(7,8)10-2)26-17-19(25)16-24(11-3)12-4/h13-15,19,25H,9-12,16-17H2,1-8H3/p+1. The molecule has 0 aliphatic carbocycles. The first kappa shape index (κ1) is 23.0. The molecule has 1 unspecified atom stereocenters. The van der Waals surface area contributed by atoms with Crippen LogP contribution in [0, 0.1) is 0 Å². The van der Waals surface area contributed by atoms with E-state index in [1.165, 1.54) is 16.0 Å². The number of rotatable bonds is 11. The molecule has 0 aromatic heterocycles. The highest BCUT2D eigenvalue weighted by Crippen LogP contribution is 2.38. The van der Waals surface area contributed by atoms with Crippen molar-refractivity contribution in [3.8, 4) is 5.75 Å². The minimum Gasteiger partial charge on any atom is -0.490 e. The highest BCUT2D eigenvalue weighted by molar-refractivity contribution is 5.44. The number of quaternary nitrogens is 1. The Labute approximate surface area is 161 Å². The van der Waals surface area contributed by atoms with Crippen LogP contribution in [0.2, 0.25) is 0 Å². The van der Waals surface area contributed by atoms with Crippen LogP contribution in [0.3, 0.4) is 0 Å². The molecule has 3 nitrogen and oxygen atoms in total. The van der Waals surface area contributed by atoms with Crippen LogP contribution >= 0.6 is 0 Å². The zero-order valence-electron chi connectivity index (χ0n) is 18.4. The first-order valence-electron chi connectivity index (χ1n) is 10.4. The van der Waals surface area contributed by atoms with Crippen LogP contribution in [0.4, 0.5) is 0 Å². The van der Waals surface area contributed by atoms with Crippen molar-refractivity contribution in [3.05, 3.63) is 29.3 Å². The molecular formula is C23H42NO2+. The van der Waals surface area contributed by atoms with E-state index in [-0.39, 0.29) is 10.8 Å². The van der Waals surface area contributed by atoms with Crippen molar-refractivity contribution in [2.24, 2.45) is 0 Å². The number of hydrogen-bond donors (Lipinski definition) is 2. The van der Waals surface area contributed by atoms with Crippen LogP contribution in [-0.4, -0.2) is 37.5 Å². The summed E-state index contributed by atoms with van der Waals surface area (Å²) < 4.78 is 6.11. The van der Waals surface area contributed by atoms with E-state index >= 15 is 0 Å². The summed E-state index contributed by atoms with van der Waals surface area (Å²) in [5.41, 5.74) is 2.81. The molecule has 26 heavy (non-hydrogen) atoms. The van der Waals surface area contributed by atoms with Gasteiger partial charge in [-0.15, -0.1) is 0 Å². The molecular weight excluding hydrogens is 322 g/mol. The van der Waals surface area contributed by atoms with Crippen LogP contribution in [0.25, 0.3) is 0 Å². The van der Waals surface area contributed by atoms with Crippen LogP contribution < -0.4 is 9.64 Å². The summed E-state index contributed by atoms with van der Waals surface area (Å²) in [6.45, 7) is 21.1. The molecule has 0 bridgehead atoms.